The lowest BCUT2D eigenvalue weighted by atomic mass is 10.1. The van der Waals surface area contributed by atoms with Crippen molar-refractivity contribution in [3.8, 4) is 0 Å². The van der Waals surface area contributed by atoms with E-state index in [1.54, 1.807) is 9.58 Å². The summed E-state index contributed by atoms with van der Waals surface area (Å²) in [6.07, 6.45) is 8.44. The second-order valence-electron chi connectivity index (χ2n) is 6.75. The van der Waals surface area contributed by atoms with Crippen LogP contribution in [-0.2, 0) is 6.54 Å². The number of hydrogen-bond donors (Lipinski definition) is 2. The van der Waals surface area contributed by atoms with Gasteiger partial charge in [0.05, 0.1) is 21.8 Å². The summed E-state index contributed by atoms with van der Waals surface area (Å²) in [5.41, 5.74) is 0.945. The Labute approximate surface area is 160 Å². The fourth-order valence-corrected chi connectivity index (χ4v) is 3.46. The van der Waals surface area contributed by atoms with Gasteiger partial charge in [0.15, 0.2) is 11.7 Å². The van der Waals surface area contributed by atoms with Gasteiger partial charge in [0, 0.05) is 38.0 Å². The van der Waals surface area contributed by atoms with Gasteiger partial charge in [-0.1, -0.05) is 24.3 Å². The maximum Gasteiger partial charge on any atom is 0.200 e. The number of halogens is 1. The molecular formula is C21H20FN3O3. The molecule has 4 rings (SSSR count). The number of aliphatic hydroxyl groups is 2. The van der Waals surface area contributed by atoms with E-state index in [1.807, 2.05) is 48.8 Å². The largest absolute Gasteiger partial charge is 0.364 e. The monoisotopic (exact) mass is 381 g/mol. The molecule has 28 heavy (non-hydrogen) atoms. The number of hydrazone groups is 1. The smallest absolute Gasteiger partial charge is 0.200 e. The summed E-state index contributed by atoms with van der Waals surface area (Å²) >= 11 is 0. The molecule has 2 N–H and O–H groups in total. The number of fused-ring (bicyclic) bond motifs is 1. The van der Waals surface area contributed by atoms with Crippen LogP contribution in [0.15, 0.2) is 52.6 Å². The lowest BCUT2D eigenvalue weighted by Gasteiger charge is -2.18. The van der Waals surface area contributed by atoms with E-state index in [0.717, 1.165) is 17.7 Å². The average Bonchev–Trinajstić information content (AvgIpc) is 2.71. The van der Waals surface area contributed by atoms with E-state index in [-0.39, 0.29) is 17.2 Å². The van der Waals surface area contributed by atoms with Crippen LogP contribution in [0.25, 0.3) is 11.9 Å². The molecule has 0 spiro atoms. The molecule has 144 valence electrons. The zero-order valence-electron chi connectivity index (χ0n) is 15.1. The van der Waals surface area contributed by atoms with Crippen molar-refractivity contribution < 1.29 is 14.6 Å². The summed E-state index contributed by atoms with van der Waals surface area (Å²) < 4.78 is 16.0. The van der Waals surface area contributed by atoms with Crippen molar-refractivity contribution >= 4 is 23.8 Å². The first kappa shape index (κ1) is 18.3. The quantitative estimate of drug-likeness (QED) is 0.782. The van der Waals surface area contributed by atoms with Gasteiger partial charge in [-0.05, 0) is 24.1 Å². The minimum Gasteiger partial charge on any atom is -0.364 e. The average molecular weight is 381 g/mol. The van der Waals surface area contributed by atoms with Crippen LogP contribution in [0.3, 0.4) is 0 Å². The summed E-state index contributed by atoms with van der Waals surface area (Å²) in [5.74, 6) is -0.510. The Morgan fingerprint density at radius 3 is 2.68 bits per heavy atom. The maximum absolute atomic E-state index is 14.4. The van der Waals surface area contributed by atoms with Crippen molar-refractivity contribution in [2.75, 3.05) is 5.01 Å². The lowest BCUT2D eigenvalue weighted by molar-refractivity contribution is -0.0438. The van der Waals surface area contributed by atoms with Crippen molar-refractivity contribution in [3.63, 3.8) is 0 Å². The first-order valence-electron chi connectivity index (χ1n) is 9.10. The highest BCUT2D eigenvalue weighted by Gasteiger charge is 2.17. The Morgan fingerprint density at radius 1 is 1.21 bits per heavy atom. The molecule has 2 aliphatic rings. The highest BCUT2D eigenvalue weighted by atomic mass is 19.1. The second kappa shape index (κ2) is 7.53. The number of aliphatic hydroxyl groups excluding tert-OH is 1. The Morgan fingerprint density at radius 2 is 2.00 bits per heavy atom. The van der Waals surface area contributed by atoms with Crippen LogP contribution in [0.1, 0.15) is 36.7 Å². The van der Waals surface area contributed by atoms with Gasteiger partial charge < -0.3 is 14.8 Å². The number of benzene rings is 1. The highest BCUT2D eigenvalue weighted by Crippen LogP contribution is 2.18. The van der Waals surface area contributed by atoms with Gasteiger partial charge in [-0.2, -0.15) is 5.10 Å². The molecule has 2 aromatic rings. The molecular weight excluding hydrogens is 361 g/mol. The molecule has 0 unspecified atom stereocenters. The minimum atomic E-state index is -1.95. The molecule has 0 radical (unpaired) electrons. The van der Waals surface area contributed by atoms with Gasteiger partial charge in [0.1, 0.15) is 5.83 Å². The van der Waals surface area contributed by atoms with Crippen molar-refractivity contribution in [3.05, 3.63) is 74.7 Å². The van der Waals surface area contributed by atoms with Crippen molar-refractivity contribution in [2.24, 2.45) is 5.10 Å². The summed E-state index contributed by atoms with van der Waals surface area (Å²) in [6.45, 7) is 0.367. The number of aromatic nitrogens is 1. The van der Waals surface area contributed by atoms with Gasteiger partial charge in [-0.3, -0.25) is 4.79 Å². The minimum absolute atomic E-state index is 0.0683. The molecule has 1 aliphatic heterocycles. The fourth-order valence-electron chi connectivity index (χ4n) is 3.46. The Bertz CT molecular complexity index is 1120. The molecule has 0 saturated heterocycles. The zero-order valence-corrected chi connectivity index (χ0v) is 15.1. The van der Waals surface area contributed by atoms with Crippen LogP contribution < -0.4 is 21.0 Å². The number of anilines is 1. The molecule has 1 aromatic heterocycles. The molecule has 6 nitrogen and oxygen atoms in total. The third-order valence-electron chi connectivity index (χ3n) is 4.85. The van der Waals surface area contributed by atoms with Crippen LogP contribution in [0.2, 0.25) is 0 Å². The van der Waals surface area contributed by atoms with E-state index in [2.05, 4.69) is 5.10 Å². The van der Waals surface area contributed by atoms with Gasteiger partial charge in [0.25, 0.3) is 0 Å². The van der Waals surface area contributed by atoms with Crippen LogP contribution in [0.5, 0.6) is 0 Å². The van der Waals surface area contributed by atoms with Crippen LogP contribution in [0, 0.1) is 0 Å². The molecule has 0 fully saturated rings. The van der Waals surface area contributed by atoms with E-state index in [9.17, 15) is 19.4 Å². The SMILES string of the molecule is O=c1c(C(O)O)cn(Cc2ccc(N3C=CCC=N3)cc2)c2c1=C(F)CCC=2. The van der Waals surface area contributed by atoms with Gasteiger partial charge >= 0.3 is 0 Å². The number of rotatable bonds is 4. The maximum atomic E-state index is 14.4. The lowest BCUT2D eigenvalue weighted by Crippen LogP contribution is -2.49. The first-order chi connectivity index (χ1) is 13.5. The summed E-state index contributed by atoms with van der Waals surface area (Å²) in [7, 11) is 0. The van der Waals surface area contributed by atoms with Crippen molar-refractivity contribution in [1.29, 1.82) is 0 Å². The summed E-state index contributed by atoms with van der Waals surface area (Å²) in [4.78, 5) is 12.5. The summed E-state index contributed by atoms with van der Waals surface area (Å²) in [6, 6.07) is 7.70. The molecule has 2 heterocycles. The first-order valence-corrected chi connectivity index (χ1v) is 9.10. The van der Waals surface area contributed by atoms with Gasteiger partial charge in [0.2, 0.25) is 0 Å². The third kappa shape index (κ3) is 3.42. The topological polar surface area (TPSA) is 78.1 Å². The number of pyridine rings is 1. The van der Waals surface area contributed by atoms with E-state index in [0.29, 0.717) is 18.3 Å². The van der Waals surface area contributed by atoms with E-state index >= 15 is 0 Å². The molecule has 1 aliphatic carbocycles. The molecule has 7 heteroatoms. The van der Waals surface area contributed by atoms with Crippen LogP contribution in [-0.4, -0.2) is 21.0 Å². The van der Waals surface area contributed by atoms with Crippen LogP contribution in [0.4, 0.5) is 10.1 Å². The van der Waals surface area contributed by atoms with E-state index in [1.165, 1.54) is 6.20 Å². The number of allylic oxidation sites excluding steroid dienone is 1. The zero-order chi connectivity index (χ0) is 19.7. The normalized spacial score (nSPS) is 15.7. The highest BCUT2D eigenvalue weighted by molar-refractivity contribution is 5.65. The van der Waals surface area contributed by atoms with Crippen LogP contribution >= 0.6 is 0 Å². The third-order valence-corrected chi connectivity index (χ3v) is 4.85. The summed E-state index contributed by atoms with van der Waals surface area (Å²) in [5, 5.41) is 25.6. The van der Waals surface area contributed by atoms with E-state index in [4.69, 9.17) is 0 Å². The molecule has 0 bridgehead atoms. The fraction of sp³-hybridized carbons (Fsp3) is 0.238. The Kier molecular flexibility index (Phi) is 4.93. The number of nitrogens with zero attached hydrogens (tertiary/aromatic N) is 3. The molecule has 0 amide bonds. The van der Waals surface area contributed by atoms with E-state index < -0.39 is 17.5 Å². The standard InChI is InChI=1S/C21H20FN3O3/c22-17-4-3-5-18-19(17)20(26)16(21(27)28)13-24(18)12-14-6-8-15(9-7-14)25-11-2-1-10-23-25/h2,5-11,13,21,27-28H,1,3-4,12H2. The van der Waals surface area contributed by atoms with Crippen molar-refractivity contribution in [1.82, 2.24) is 4.57 Å². The molecule has 0 atom stereocenters. The van der Waals surface area contributed by atoms with Gasteiger partial charge in [-0.15, -0.1) is 0 Å². The van der Waals surface area contributed by atoms with Crippen molar-refractivity contribution in [2.45, 2.75) is 32.1 Å². The molecule has 0 saturated carbocycles. The number of hydrogen-bond acceptors (Lipinski definition) is 5. The Hall–Kier alpha value is -3.03. The second-order valence-corrected chi connectivity index (χ2v) is 6.75. The molecule has 1 aromatic carbocycles. The van der Waals surface area contributed by atoms with Gasteiger partial charge in [-0.25, -0.2) is 9.40 Å². The predicted octanol–water partition coefficient (Wildman–Crippen LogP) is 1.24. The predicted molar refractivity (Wildman–Crippen MR) is 106 cm³/mol. The Balaban J connectivity index is 1.74.